The minimum atomic E-state index is -0.911. The molecule has 92 valence electrons. The van der Waals surface area contributed by atoms with E-state index in [-0.39, 0.29) is 12.6 Å². The fourth-order valence-corrected chi connectivity index (χ4v) is 2.26. The van der Waals surface area contributed by atoms with Crippen LogP contribution in [-0.2, 0) is 4.79 Å². The van der Waals surface area contributed by atoms with Crippen LogP contribution in [0.25, 0.3) is 0 Å². The van der Waals surface area contributed by atoms with Gasteiger partial charge in [-0.2, -0.15) is 11.8 Å². The van der Waals surface area contributed by atoms with Crippen molar-refractivity contribution in [2.45, 2.75) is 12.0 Å². The summed E-state index contributed by atoms with van der Waals surface area (Å²) in [4.78, 5) is 11.1. The van der Waals surface area contributed by atoms with Crippen LogP contribution < -0.4 is 10.5 Å². The summed E-state index contributed by atoms with van der Waals surface area (Å²) in [5.41, 5.74) is 6.18. The van der Waals surface area contributed by atoms with Gasteiger partial charge in [0, 0.05) is 23.6 Å². The van der Waals surface area contributed by atoms with E-state index in [1.54, 1.807) is 6.07 Å². The topological polar surface area (TPSA) is 72.6 Å². The second-order valence-electron chi connectivity index (χ2n) is 3.94. The van der Waals surface area contributed by atoms with Crippen LogP contribution in [0, 0.1) is 0 Å². The molecule has 0 spiro atoms. The standard InChI is InChI=1S/C12H15NO3S/c13-5-10(12(14)15)9-3-1-2-4-11(9)16-8-6-17-7-8/h1-4,8,10H,5-7,13H2,(H,14,15). The van der Waals surface area contributed by atoms with Gasteiger partial charge < -0.3 is 15.6 Å². The Kier molecular flexibility index (Phi) is 3.91. The number of hydrogen-bond acceptors (Lipinski definition) is 4. The van der Waals surface area contributed by atoms with Crippen LogP contribution in [0.5, 0.6) is 5.75 Å². The first-order valence-corrected chi connectivity index (χ1v) is 6.64. The van der Waals surface area contributed by atoms with Gasteiger partial charge in [0.1, 0.15) is 11.9 Å². The van der Waals surface area contributed by atoms with E-state index >= 15 is 0 Å². The summed E-state index contributed by atoms with van der Waals surface area (Å²) >= 11 is 1.82. The molecule has 4 nitrogen and oxygen atoms in total. The number of ether oxygens (including phenoxy) is 1. The minimum absolute atomic E-state index is 0.0785. The normalized spacial score (nSPS) is 17.2. The summed E-state index contributed by atoms with van der Waals surface area (Å²) in [7, 11) is 0. The molecule has 2 rings (SSSR count). The zero-order valence-corrected chi connectivity index (χ0v) is 10.2. The third kappa shape index (κ3) is 2.73. The van der Waals surface area contributed by atoms with Gasteiger partial charge in [0.15, 0.2) is 0 Å². The smallest absolute Gasteiger partial charge is 0.312 e. The maximum absolute atomic E-state index is 11.1. The first-order chi connectivity index (χ1) is 8.22. The van der Waals surface area contributed by atoms with E-state index in [2.05, 4.69) is 0 Å². The van der Waals surface area contributed by atoms with E-state index in [4.69, 9.17) is 15.6 Å². The Morgan fingerprint density at radius 2 is 2.24 bits per heavy atom. The van der Waals surface area contributed by atoms with Crippen LogP contribution >= 0.6 is 11.8 Å². The van der Waals surface area contributed by atoms with Gasteiger partial charge >= 0.3 is 5.97 Å². The van der Waals surface area contributed by atoms with Crippen molar-refractivity contribution in [1.29, 1.82) is 0 Å². The van der Waals surface area contributed by atoms with Crippen LogP contribution in [0.2, 0.25) is 0 Å². The number of benzene rings is 1. The molecule has 0 aliphatic carbocycles. The quantitative estimate of drug-likeness (QED) is 0.827. The van der Waals surface area contributed by atoms with Crippen LogP contribution in [0.1, 0.15) is 11.5 Å². The molecule has 0 amide bonds. The summed E-state index contributed by atoms with van der Waals surface area (Å²) in [6, 6.07) is 7.24. The summed E-state index contributed by atoms with van der Waals surface area (Å²) in [6.45, 7) is 0.0785. The Bertz CT molecular complexity index is 406. The van der Waals surface area contributed by atoms with Crippen molar-refractivity contribution >= 4 is 17.7 Å². The second kappa shape index (κ2) is 5.42. The number of nitrogens with two attached hydrogens (primary N) is 1. The molecule has 1 aliphatic rings. The highest BCUT2D eigenvalue weighted by atomic mass is 32.2. The molecular formula is C12H15NO3S. The Hall–Kier alpha value is -1.20. The molecule has 5 heteroatoms. The largest absolute Gasteiger partial charge is 0.488 e. The monoisotopic (exact) mass is 253 g/mol. The third-order valence-corrected chi connectivity index (χ3v) is 3.94. The molecule has 1 heterocycles. The molecule has 1 saturated heterocycles. The van der Waals surface area contributed by atoms with Crippen molar-refractivity contribution in [2.75, 3.05) is 18.1 Å². The summed E-state index contributed by atoms with van der Waals surface area (Å²) in [5.74, 6) is 0.977. The highest BCUT2D eigenvalue weighted by Crippen LogP contribution is 2.30. The molecule has 1 aromatic rings. The molecule has 17 heavy (non-hydrogen) atoms. The van der Waals surface area contributed by atoms with Crippen molar-refractivity contribution in [3.8, 4) is 5.75 Å². The summed E-state index contributed by atoms with van der Waals surface area (Å²) in [5, 5.41) is 9.12. The lowest BCUT2D eigenvalue weighted by Crippen LogP contribution is -2.32. The summed E-state index contributed by atoms with van der Waals surface area (Å²) in [6.07, 6.45) is 0.202. The van der Waals surface area contributed by atoms with E-state index in [1.165, 1.54) is 0 Å². The highest BCUT2D eigenvalue weighted by Gasteiger charge is 2.25. The molecule has 0 aromatic heterocycles. The maximum Gasteiger partial charge on any atom is 0.312 e. The Morgan fingerprint density at radius 1 is 1.53 bits per heavy atom. The SMILES string of the molecule is NCC(C(=O)O)c1ccccc1OC1CSC1. The predicted molar refractivity (Wildman–Crippen MR) is 67.6 cm³/mol. The molecule has 1 atom stereocenters. The lowest BCUT2D eigenvalue weighted by atomic mass is 9.98. The molecule has 0 saturated carbocycles. The van der Waals surface area contributed by atoms with Crippen molar-refractivity contribution in [2.24, 2.45) is 5.73 Å². The molecular weight excluding hydrogens is 238 g/mol. The number of hydrogen-bond donors (Lipinski definition) is 2. The van der Waals surface area contributed by atoms with Gasteiger partial charge in [0.25, 0.3) is 0 Å². The Morgan fingerprint density at radius 3 is 2.76 bits per heavy atom. The van der Waals surface area contributed by atoms with Gasteiger partial charge in [-0.05, 0) is 6.07 Å². The number of carboxylic acid groups (broad SMARTS) is 1. The van der Waals surface area contributed by atoms with Crippen LogP contribution in [0.4, 0.5) is 0 Å². The van der Waals surface area contributed by atoms with Gasteiger partial charge in [0.05, 0.1) is 5.92 Å². The third-order valence-electron chi connectivity index (χ3n) is 2.73. The van der Waals surface area contributed by atoms with E-state index in [0.29, 0.717) is 11.3 Å². The van der Waals surface area contributed by atoms with E-state index in [0.717, 1.165) is 11.5 Å². The summed E-state index contributed by atoms with van der Waals surface area (Å²) < 4.78 is 5.77. The average molecular weight is 253 g/mol. The van der Waals surface area contributed by atoms with E-state index in [1.807, 2.05) is 30.0 Å². The molecule has 0 radical (unpaired) electrons. The van der Waals surface area contributed by atoms with Crippen molar-refractivity contribution in [3.05, 3.63) is 29.8 Å². The zero-order valence-electron chi connectivity index (χ0n) is 9.33. The molecule has 1 fully saturated rings. The number of carboxylic acids is 1. The van der Waals surface area contributed by atoms with Gasteiger partial charge in [-0.25, -0.2) is 0 Å². The first kappa shape index (κ1) is 12.3. The maximum atomic E-state index is 11.1. The molecule has 1 unspecified atom stereocenters. The predicted octanol–water partition coefficient (Wildman–Crippen LogP) is 1.31. The zero-order chi connectivity index (χ0) is 12.3. The van der Waals surface area contributed by atoms with Crippen LogP contribution in [0.3, 0.4) is 0 Å². The van der Waals surface area contributed by atoms with Crippen molar-refractivity contribution < 1.29 is 14.6 Å². The molecule has 3 N–H and O–H groups in total. The highest BCUT2D eigenvalue weighted by molar-refractivity contribution is 8.00. The van der Waals surface area contributed by atoms with E-state index < -0.39 is 11.9 Å². The van der Waals surface area contributed by atoms with Crippen LogP contribution in [0.15, 0.2) is 24.3 Å². The fourth-order valence-electron chi connectivity index (χ4n) is 1.70. The Labute approximate surface area is 104 Å². The fraction of sp³-hybridized carbons (Fsp3) is 0.417. The van der Waals surface area contributed by atoms with Crippen molar-refractivity contribution in [3.63, 3.8) is 0 Å². The first-order valence-electron chi connectivity index (χ1n) is 5.48. The molecule has 1 aromatic carbocycles. The van der Waals surface area contributed by atoms with Gasteiger partial charge in [-0.15, -0.1) is 0 Å². The van der Waals surface area contributed by atoms with Crippen LogP contribution in [-0.4, -0.2) is 35.2 Å². The number of carbonyl (C=O) groups is 1. The number of para-hydroxylation sites is 1. The van der Waals surface area contributed by atoms with Gasteiger partial charge in [-0.3, -0.25) is 4.79 Å². The average Bonchev–Trinajstić information content (AvgIpc) is 2.26. The van der Waals surface area contributed by atoms with Gasteiger partial charge in [-0.1, -0.05) is 18.2 Å². The minimum Gasteiger partial charge on any atom is -0.488 e. The lowest BCUT2D eigenvalue weighted by molar-refractivity contribution is -0.138. The number of rotatable bonds is 5. The Balaban J connectivity index is 2.21. The van der Waals surface area contributed by atoms with Gasteiger partial charge in [0.2, 0.25) is 0 Å². The second-order valence-corrected chi connectivity index (χ2v) is 5.02. The van der Waals surface area contributed by atoms with Crippen molar-refractivity contribution in [1.82, 2.24) is 0 Å². The number of aliphatic carboxylic acids is 1. The van der Waals surface area contributed by atoms with E-state index in [9.17, 15) is 4.79 Å². The number of thioether (sulfide) groups is 1. The molecule has 1 aliphatic heterocycles. The lowest BCUT2D eigenvalue weighted by Gasteiger charge is -2.27. The molecule has 0 bridgehead atoms.